The number of benzene rings is 4. The van der Waals surface area contributed by atoms with E-state index in [-0.39, 0.29) is 12.7 Å². The molecule has 0 spiro atoms. The zero-order valence-electron chi connectivity index (χ0n) is 32.6. The second-order valence-electron chi connectivity index (χ2n) is 15.2. The van der Waals surface area contributed by atoms with E-state index in [1.54, 1.807) is 0 Å². The van der Waals surface area contributed by atoms with Crippen LogP contribution in [0.1, 0.15) is 66.8 Å². The summed E-state index contributed by atoms with van der Waals surface area (Å²) in [5, 5.41) is 0. The summed E-state index contributed by atoms with van der Waals surface area (Å²) in [4.78, 5) is 9.87. The van der Waals surface area contributed by atoms with E-state index >= 15 is 0 Å². The lowest BCUT2D eigenvalue weighted by molar-refractivity contribution is -0.0138. The van der Waals surface area contributed by atoms with Crippen molar-refractivity contribution in [2.24, 2.45) is 0 Å². The Balaban J connectivity index is 1.30. The Morgan fingerprint density at radius 3 is 0.720 bits per heavy atom. The molecule has 0 N–H and O–H groups in total. The Morgan fingerprint density at radius 1 is 0.360 bits per heavy atom. The zero-order valence-corrected chi connectivity index (χ0v) is 32.6. The Bertz CT molecular complexity index is 1540. The molecular formula is C44H58N4O2. The molecule has 0 saturated carbocycles. The van der Waals surface area contributed by atoms with Gasteiger partial charge in [0.05, 0.1) is 13.2 Å². The van der Waals surface area contributed by atoms with Crippen LogP contribution in [-0.4, -0.2) is 52.1 Å². The van der Waals surface area contributed by atoms with Gasteiger partial charge in [-0.15, -0.1) is 0 Å². The molecule has 6 rings (SSSR count). The molecule has 0 aliphatic carbocycles. The third-order valence-electron chi connectivity index (χ3n) is 10.5. The molecule has 0 aromatic heterocycles. The maximum Gasteiger partial charge on any atom is 0.210 e. The molecule has 0 unspecified atom stereocenters. The van der Waals surface area contributed by atoms with E-state index in [1.165, 1.54) is 89.5 Å². The number of rotatable bonds is 9. The summed E-state index contributed by atoms with van der Waals surface area (Å²) in [6.07, 6.45) is -0.476. The van der Waals surface area contributed by atoms with Gasteiger partial charge >= 0.3 is 0 Å². The lowest BCUT2D eigenvalue weighted by Gasteiger charge is -2.37. The smallest absolute Gasteiger partial charge is 0.210 e. The minimum atomic E-state index is -0.238. The molecule has 6 nitrogen and oxygen atoms in total. The van der Waals surface area contributed by atoms with Crippen LogP contribution in [0.3, 0.4) is 0 Å². The lowest BCUT2D eigenvalue weighted by atomic mass is 10.0. The van der Waals surface area contributed by atoms with Crippen molar-refractivity contribution in [1.82, 2.24) is 0 Å². The van der Waals surface area contributed by atoms with Crippen molar-refractivity contribution in [3.05, 3.63) is 115 Å². The third-order valence-corrected chi connectivity index (χ3v) is 10.5. The Labute approximate surface area is 301 Å². The monoisotopic (exact) mass is 674 g/mol. The third kappa shape index (κ3) is 6.85. The number of ether oxygens (including phenoxy) is 2. The molecule has 2 aliphatic rings. The summed E-state index contributed by atoms with van der Waals surface area (Å²) in [5.41, 5.74) is 20.6. The standard InChI is InChI=1S/C44H58N4O2/c1-27-19-31(5)39(32(6)20-27)45-13-14-46(40-33(7)21-28(2)22-34(40)8)43(45)49-17-18-50-44-47(41-35(9)23-29(3)24-36(41)10)15-16-48(44)42-37(11)25-30(4)26-38(42)12/h19-26,43-44H,13-18H2,1-12H3. The van der Waals surface area contributed by atoms with Crippen LogP contribution >= 0.6 is 0 Å². The highest BCUT2D eigenvalue weighted by Crippen LogP contribution is 2.39. The van der Waals surface area contributed by atoms with Crippen LogP contribution in [0.4, 0.5) is 22.7 Å². The van der Waals surface area contributed by atoms with Gasteiger partial charge in [0, 0.05) is 48.9 Å². The Hall–Kier alpha value is -4.00. The van der Waals surface area contributed by atoms with Crippen molar-refractivity contribution >= 4 is 22.7 Å². The highest BCUT2D eigenvalue weighted by molar-refractivity contribution is 5.69. The molecule has 2 heterocycles. The van der Waals surface area contributed by atoms with Gasteiger partial charge in [-0.25, -0.2) is 0 Å². The zero-order chi connectivity index (χ0) is 36.0. The van der Waals surface area contributed by atoms with Crippen molar-refractivity contribution < 1.29 is 9.47 Å². The SMILES string of the molecule is Cc1cc(C)c(N2CCN(c3c(C)cc(C)cc3C)C2OCCOC2N(c3c(C)cc(C)cc3C)CCN2c2c(C)cc(C)cc2C)c(C)c1. The second kappa shape index (κ2) is 14.3. The fourth-order valence-corrected chi connectivity index (χ4v) is 9.27. The van der Waals surface area contributed by atoms with Crippen LogP contribution in [0, 0.1) is 83.1 Å². The average Bonchev–Trinajstić information content (AvgIpc) is 3.57. The second-order valence-corrected chi connectivity index (χ2v) is 15.2. The van der Waals surface area contributed by atoms with Crippen LogP contribution < -0.4 is 19.6 Å². The molecule has 0 atom stereocenters. The highest BCUT2D eigenvalue weighted by Gasteiger charge is 2.38. The summed E-state index contributed by atoms with van der Waals surface area (Å²) in [6, 6.07) is 18.3. The molecule has 2 fully saturated rings. The molecular weight excluding hydrogens is 617 g/mol. The molecule has 0 bridgehead atoms. The van der Waals surface area contributed by atoms with Crippen LogP contribution in [-0.2, 0) is 9.47 Å². The first-order valence-electron chi connectivity index (χ1n) is 18.4. The quantitative estimate of drug-likeness (QED) is 0.165. The minimum Gasteiger partial charge on any atom is -0.338 e. The van der Waals surface area contributed by atoms with Gasteiger partial charge in [-0.05, 0) is 128 Å². The predicted molar refractivity (Wildman–Crippen MR) is 211 cm³/mol. The van der Waals surface area contributed by atoms with Crippen LogP contribution in [0.15, 0.2) is 48.5 Å². The summed E-state index contributed by atoms with van der Waals surface area (Å²) < 4.78 is 14.0. The maximum atomic E-state index is 6.98. The average molecular weight is 675 g/mol. The van der Waals surface area contributed by atoms with E-state index in [9.17, 15) is 0 Å². The van der Waals surface area contributed by atoms with Gasteiger partial charge in [-0.2, -0.15) is 0 Å². The first-order chi connectivity index (χ1) is 23.7. The van der Waals surface area contributed by atoms with Crippen LogP contribution in [0.25, 0.3) is 0 Å². The summed E-state index contributed by atoms with van der Waals surface area (Å²) >= 11 is 0. The molecule has 0 radical (unpaired) electrons. The summed E-state index contributed by atoms with van der Waals surface area (Å²) in [5.74, 6) is 0. The molecule has 4 aromatic rings. The van der Waals surface area contributed by atoms with Crippen molar-refractivity contribution in [1.29, 1.82) is 0 Å². The molecule has 50 heavy (non-hydrogen) atoms. The fraction of sp³-hybridized carbons (Fsp3) is 0.455. The molecule has 2 aliphatic heterocycles. The van der Waals surface area contributed by atoms with Crippen molar-refractivity contribution in [2.75, 3.05) is 59.0 Å². The first kappa shape index (κ1) is 35.8. The van der Waals surface area contributed by atoms with E-state index < -0.39 is 0 Å². The summed E-state index contributed by atoms with van der Waals surface area (Å²) in [7, 11) is 0. The molecule has 2 saturated heterocycles. The minimum absolute atomic E-state index is 0.238. The highest BCUT2D eigenvalue weighted by atomic mass is 16.6. The lowest BCUT2D eigenvalue weighted by Crippen LogP contribution is -2.45. The molecule has 266 valence electrons. The van der Waals surface area contributed by atoms with E-state index in [4.69, 9.17) is 9.47 Å². The van der Waals surface area contributed by atoms with E-state index in [2.05, 4.69) is 151 Å². The summed E-state index contributed by atoms with van der Waals surface area (Å²) in [6.45, 7) is 31.1. The maximum absolute atomic E-state index is 6.98. The number of nitrogens with zero attached hydrogens (tertiary/aromatic N) is 4. The largest absolute Gasteiger partial charge is 0.338 e. The van der Waals surface area contributed by atoms with E-state index in [1.807, 2.05) is 0 Å². The topological polar surface area (TPSA) is 31.4 Å². The van der Waals surface area contributed by atoms with E-state index in [0.717, 1.165) is 26.2 Å². The normalized spacial score (nSPS) is 15.7. The van der Waals surface area contributed by atoms with E-state index in [0.29, 0.717) is 13.2 Å². The van der Waals surface area contributed by atoms with Crippen molar-refractivity contribution in [3.8, 4) is 0 Å². The number of hydrogen-bond donors (Lipinski definition) is 0. The number of aryl methyl sites for hydroxylation is 12. The van der Waals surface area contributed by atoms with Gasteiger partial charge in [-0.3, -0.25) is 0 Å². The van der Waals surface area contributed by atoms with Crippen molar-refractivity contribution in [2.45, 2.75) is 95.8 Å². The van der Waals surface area contributed by atoms with Gasteiger partial charge in [0.2, 0.25) is 12.7 Å². The fourth-order valence-electron chi connectivity index (χ4n) is 9.27. The predicted octanol–water partition coefficient (Wildman–Crippen LogP) is 9.34. The van der Waals surface area contributed by atoms with Crippen molar-refractivity contribution in [3.63, 3.8) is 0 Å². The van der Waals surface area contributed by atoms with Gasteiger partial charge in [0.15, 0.2) is 0 Å². The molecule has 4 aromatic carbocycles. The van der Waals surface area contributed by atoms with Gasteiger partial charge in [0.25, 0.3) is 0 Å². The Kier molecular flexibility index (Phi) is 10.3. The first-order valence-corrected chi connectivity index (χ1v) is 18.4. The van der Waals surface area contributed by atoms with Crippen LogP contribution in [0.5, 0.6) is 0 Å². The molecule has 0 amide bonds. The Morgan fingerprint density at radius 2 is 0.540 bits per heavy atom. The number of hydrogen-bond acceptors (Lipinski definition) is 6. The van der Waals surface area contributed by atoms with Gasteiger partial charge in [-0.1, -0.05) is 70.8 Å². The molecule has 6 heteroatoms. The number of anilines is 4. The van der Waals surface area contributed by atoms with Gasteiger partial charge in [0.1, 0.15) is 0 Å². The van der Waals surface area contributed by atoms with Gasteiger partial charge < -0.3 is 29.1 Å². The van der Waals surface area contributed by atoms with Crippen LogP contribution in [0.2, 0.25) is 0 Å².